The molecule has 1 aromatic carbocycles. The van der Waals surface area contributed by atoms with E-state index in [4.69, 9.17) is 4.74 Å². The summed E-state index contributed by atoms with van der Waals surface area (Å²) in [5, 5.41) is 1.59. The van der Waals surface area contributed by atoms with Gasteiger partial charge in [-0.2, -0.15) is 0 Å². The van der Waals surface area contributed by atoms with E-state index in [2.05, 4.69) is 10.4 Å². The van der Waals surface area contributed by atoms with Gasteiger partial charge < -0.3 is 9.30 Å². The normalized spacial score (nSPS) is 11.2. The van der Waals surface area contributed by atoms with E-state index in [0.717, 1.165) is 16.6 Å². The highest BCUT2D eigenvalue weighted by molar-refractivity contribution is 5.77. The van der Waals surface area contributed by atoms with Crippen LogP contribution in [0.1, 0.15) is 5.56 Å². The van der Waals surface area contributed by atoms with E-state index in [9.17, 15) is 4.79 Å². The summed E-state index contributed by atoms with van der Waals surface area (Å²) in [5.41, 5.74) is 5.63. The fourth-order valence-electron chi connectivity index (χ4n) is 1.81. The lowest BCUT2D eigenvalue weighted by Crippen LogP contribution is -2.38. The third-order valence-electron chi connectivity index (χ3n) is 2.64. The molecule has 19 heavy (non-hydrogen) atoms. The molecule has 0 saturated heterocycles. The number of carbonyl (C=O) groups excluding carboxylic acids is 1. The quantitative estimate of drug-likeness (QED) is 0.805. The first kappa shape index (κ1) is 13.5. The molecule has 6 heteroatoms. The summed E-state index contributed by atoms with van der Waals surface area (Å²) < 4.78 is 7.33. The van der Waals surface area contributed by atoms with Crippen LogP contribution in [0.15, 0.2) is 24.5 Å². The number of benzene rings is 1. The molecule has 6 nitrogen and oxygen atoms in total. The SMILES string of the molecule is CN(C)NC(=O)COCc1ccc2c(c1)ncn2C. The number of amides is 1. The summed E-state index contributed by atoms with van der Waals surface area (Å²) in [6.45, 7) is 0.436. The van der Waals surface area contributed by atoms with Crippen molar-refractivity contribution in [2.45, 2.75) is 6.61 Å². The van der Waals surface area contributed by atoms with Crippen molar-refractivity contribution < 1.29 is 9.53 Å². The maximum absolute atomic E-state index is 11.4. The molecule has 0 fully saturated rings. The number of carbonyl (C=O) groups is 1. The molecule has 0 aliphatic carbocycles. The van der Waals surface area contributed by atoms with Crippen LogP contribution < -0.4 is 5.43 Å². The van der Waals surface area contributed by atoms with Crippen molar-refractivity contribution in [2.75, 3.05) is 20.7 Å². The van der Waals surface area contributed by atoms with E-state index in [1.54, 1.807) is 25.4 Å². The fourth-order valence-corrected chi connectivity index (χ4v) is 1.81. The number of aryl methyl sites for hydroxylation is 1. The number of hydrogen-bond acceptors (Lipinski definition) is 4. The highest BCUT2D eigenvalue weighted by Gasteiger charge is 2.04. The monoisotopic (exact) mass is 262 g/mol. The molecule has 1 heterocycles. The summed E-state index contributed by atoms with van der Waals surface area (Å²) in [6, 6.07) is 5.95. The molecule has 1 amide bonds. The molecule has 1 aromatic heterocycles. The Morgan fingerprint density at radius 3 is 3.00 bits per heavy atom. The van der Waals surface area contributed by atoms with Crippen LogP contribution in [0.5, 0.6) is 0 Å². The highest BCUT2D eigenvalue weighted by Crippen LogP contribution is 2.14. The van der Waals surface area contributed by atoms with Crippen molar-refractivity contribution in [3.63, 3.8) is 0 Å². The number of fused-ring (bicyclic) bond motifs is 1. The summed E-state index contributed by atoms with van der Waals surface area (Å²) >= 11 is 0. The number of imidazole rings is 1. The number of nitrogens with zero attached hydrogens (tertiary/aromatic N) is 3. The lowest BCUT2D eigenvalue weighted by molar-refractivity contribution is -0.129. The van der Waals surface area contributed by atoms with Crippen molar-refractivity contribution in [1.82, 2.24) is 20.0 Å². The second-order valence-corrected chi connectivity index (χ2v) is 4.60. The fraction of sp³-hybridized carbons (Fsp3) is 0.385. The van der Waals surface area contributed by atoms with Gasteiger partial charge in [-0.3, -0.25) is 10.2 Å². The molecule has 102 valence electrons. The first-order valence-corrected chi connectivity index (χ1v) is 6.01. The molecule has 0 saturated carbocycles. The first-order valence-electron chi connectivity index (χ1n) is 6.01. The summed E-state index contributed by atoms with van der Waals surface area (Å²) in [7, 11) is 5.47. The van der Waals surface area contributed by atoms with E-state index < -0.39 is 0 Å². The lowest BCUT2D eigenvalue weighted by atomic mass is 10.2. The van der Waals surface area contributed by atoms with Crippen LogP contribution in [0, 0.1) is 0 Å². The Bertz CT molecular complexity index is 577. The summed E-state index contributed by atoms with van der Waals surface area (Å²) in [4.78, 5) is 15.6. The van der Waals surface area contributed by atoms with Crippen LogP contribution in [0.3, 0.4) is 0 Å². The van der Waals surface area contributed by atoms with Gasteiger partial charge in [0.25, 0.3) is 5.91 Å². The van der Waals surface area contributed by atoms with Crippen LogP contribution in [0.25, 0.3) is 11.0 Å². The molecule has 0 unspecified atom stereocenters. The molecule has 0 bridgehead atoms. The molecule has 1 N–H and O–H groups in total. The van der Waals surface area contributed by atoms with Gasteiger partial charge in [0.05, 0.1) is 24.0 Å². The predicted octanol–water partition coefficient (Wildman–Crippen LogP) is 0.683. The van der Waals surface area contributed by atoms with Crippen molar-refractivity contribution in [3.8, 4) is 0 Å². The number of ether oxygens (including phenoxy) is 1. The van der Waals surface area contributed by atoms with E-state index in [1.807, 2.05) is 29.8 Å². The van der Waals surface area contributed by atoms with E-state index in [1.165, 1.54) is 0 Å². The predicted molar refractivity (Wildman–Crippen MR) is 72.2 cm³/mol. The molecule has 0 aliphatic rings. The van der Waals surface area contributed by atoms with Gasteiger partial charge >= 0.3 is 0 Å². The number of nitrogens with one attached hydrogen (secondary N) is 1. The van der Waals surface area contributed by atoms with Crippen LogP contribution in [0.2, 0.25) is 0 Å². The van der Waals surface area contributed by atoms with Gasteiger partial charge in [0.2, 0.25) is 0 Å². The maximum atomic E-state index is 11.4. The minimum absolute atomic E-state index is 0.0401. The third kappa shape index (κ3) is 3.52. The zero-order valence-corrected chi connectivity index (χ0v) is 11.4. The molecule has 0 atom stereocenters. The largest absolute Gasteiger partial charge is 0.367 e. The van der Waals surface area contributed by atoms with E-state index in [0.29, 0.717) is 6.61 Å². The molecule has 2 aromatic rings. The van der Waals surface area contributed by atoms with Gasteiger partial charge in [-0.25, -0.2) is 9.99 Å². The van der Waals surface area contributed by atoms with Crippen molar-refractivity contribution >= 4 is 16.9 Å². The molecular formula is C13H18N4O2. The number of aromatic nitrogens is 2. The van der Waals surface area contributed by atoms with Gasteiger partial charge in [0, 0.05) is 21.1 Å². The second-order valence-electron chi connectivity index (χ2n) is 4.60. The van der Waals surface area contributed by atoms with Crippen molar-refractivity contribution in [2.24, 2.45) is 7.05 Å². The summed E-state index contributed by atoms with van der Waals surface area (Å²) in [6.07, 6.45) is 1.78. The Labute approximate surface area is 111 Å². The van der Waals surface area contributed by atoms with E-state index in [-0.39, 0.29) is 12.5 Å². The lowest BCUT2D eigenvalue weighted by Gasteiger charge is -2.11. The minimum Gasteiger partial charge on any atom is -0.367 e. The molecular weight excluding hydrogens is 244 g/mol. The van der Waals surface area contributed by atoms with Gasteiger partial charge in [-0.15, -0.1) is 0 Å². The Hall–Kier alpha value is -1.92. The Kier molecular flexibility index (Phi) is 4.13. The Morgan fingerprint density at radius 1 is 1.47 bits per heavy atom. The molecule has 2 rings (SSSR count). The smallest absolute Gasteiger partial charge is 0.260 e. The van der Waals surface area contributed by atoms with Crippen molar-refractivity contribution in [3.05, 3.63) is 30.1 Å². The molecule has 0 spiro atoms. The topological polar surface area (TPSA) is 59.4 Å². The van der Waals surface area contributed by atoms with Gasteiger partial charge in [-0.1, -0.05) is 6.07 Å². The molecule has 0 aliphatic heterocycles. The number of rotatable bonds is 5. The number of hydrazine groups is 1. The first-order chi connectivity index (χ1) is 9.06. The molecule has 0 radical (unpaired) electrons. The maximum Gasteiger partial charge on any atom is 0.260 e. The van der Waals surface area contributed by atoms with Crippen molar-refractivity contribution in [1.29, 1.82) is 0 Å². The number of hydrogen-bond donors (Lipinski definition) is 1. The second kappa shape index (κ2) is 5.81. The highest BCUT2D eigenvalue weighted by atomic mass is 16.5. The Morgan fingerprint density at radius 2 is 2.26 bits per heavy atom. The zero-order chi connectivity index (χ0) is 13.8. The van der Waals surface area contributed by atoms with E-state index >= 15 is 0 Å². The van der Waals surface area contributed by atoms with Gasteiger partial charge in [-0.05, 0) is 17.7 Å². The minimum atomic E-state index is -0.163. The average Bonchev–Trinajstić information content (AvgIpc) is 2.70. The Balaban J connectivity index is 1.89. The average molecular weight is 262 g/mol. The van der Waals surface area contributed by atoms with Gasteiger partial charge in [0.1, 0.15) is 6.61 Å². The standard InChI is InChI=1S/C13H18N4O2/c1-16(2)15-13(18)8-19-7-10-4-5-12-11(6-10)14-9-17(12)3/h4-6,9H,7-8H2,1-3H3,(H,15,18). The van der Waals surface area contributed by atoms with Crippen LogP contribution in [-0.2, 0) is 23.2 Å². The third-order valence-corrected chi connectivity index (χ3v) is 2.64. The van der Waals surface area contributed by atoms with Gasteiger partial charge in [0.15, 0.2) is 0 Å². The van der Waals surface area contributed by atoms with Crippen LogP contribution in [0.4, 0.5) is 0 Å². The van der Waals surface area contributed by atoms with Crippen LogP contribution >= 0.6 is 0 Å². The van der Waals surface area contributed by atoms with Crippen LogP contribution in [-0.4, -0.2) is 41.2 Å². The zero-order valence-electron chi connectivity index (χ0n) is 11.4. The summed E-state index contributed by atoms with van der Waals surface area (Å²) in [5.74, 6) is -0.163.